The normalized spacial score (nSPS) is 10.6. The fourth-order valence-corrected chi connectivity index (χ4v) is 1.86. The van der Waals surface area contributed by atoms with Gasteiger partial charge in [0.15, 0.2) is 0 Å². The number of halogens is 1. The summed E-state index contributed by atoms with van der Waals surface area (Å²) in [5, 5.41) is 3.94. The van der Waals surface area contributed by atoms with Gasteiger partial charge in [-0.3, -0.25) is 4.79 Å². The maximum Gasteiger partial charge on any atom is 0.235 e. The lowest BCUT2D eigenvalue weighted by molar-refractivity contribution is -0.118. The van der Waals surface area contributed by atoms with Gasteiger partial charge in [0.1, 0.15) is 5.88 Å². The minimum absolute atomic E-state index is 0.00473. The number of fused-ring (bicyclic) bond motifs is 1. The van der Waals surface area contributed by atoms with Crippen LogP contribution in [0.2, 0.25) is 0 Å². The van der Waals surface area contributed by atoms with Crippen LogP contribution in [0, 0.1) is 0 Å². The summed E-state index contributed by atoms with van der Waals surface area (Å²) in [7, 11) is 2.00. The van der Waals surface area contributed by atoms with E-state index in [9.17, 15) is 4.79 Å². The summed E-state index contributed by atoms with van der Waals surface area (Å²) in [5.41, 5.74) is 2.27. The second-order valence-corrected chi connectivity index (χ2v) is 3.95. The molecule has 0 spiro atoms. The molecule has 0 radical (unpaired) electrons. The van der Waals surface area contributed by atoms with Crippen molar-refractivity contribution < 1.29 is 4.79 Å². The monoisotopic (exact) mass is 236 g/mol. The van der Waals surface area contributed by atoms with Crippen LogP contribution >= 0.6 is 11.6 Å². The quantitative estimate of drug-likeness (QED) is 0.813. The van der Waals surface area contributed by atoms with E-state index in [2.05, 4.69) is 22.0 Å². The van der Waals surface area contributed by atoms with Crippen LogP contribution in [-0.2, 0) is 18.4 Å². The number of hydrogen-bond acceptors (Lipinski definition) is 1. The summed E-state index contributed by atoms with van der Waals surface area (Å²) in [6, 6.07) is 8.11. The average molecular weight is 237 g/mol. The first-order valence-electron chi connectivity index (χ1n) is 5.08. The summed E-state index contributed by atoms with van der Waals surface area (Å²) in [4.78, 5) is 11.1. The van der Waals surface area contributed by atoms with Gasteiger partial charge in [0.25, 0.3) is 0 Å². The molecule has 0 aliphatic carbocycles. The largest absolute Gasteiger partial charge is 0.351 e. The Kier molecular flexibility index (Phi) is 3.15. The number of aromatic nitrogens is 1. The molecule has 1 aromatic heterocycles. The zero-order valence-electron chi connectivity index (χ0n) is 9.03. The number of carbonyl (C=O) groups is 1. The molecule has 1 heterocycles. The number of benzene rings is 1. The molecule has 2 rings (SSSR count). The highest BCUT2D eigenvalue weighted by molar-refractivity contribution is 6.27. The van der Waals surface area contributed by atoms with Gasteiger partial charge in [-0.2, -0.15) is 0 Å². The van der Waals surface area contributed by atoms with Gasteiger partial charge in [-0.05, 0) is 17.7 Å². The van der Waals surface area contributed by atoms with E-state index >= 15 is 0 Å². The Bertz CT molecular complexity index is 519. The summed E-state index contributed by atoms with van der Waals surface area (Å²) < 4.78 is 2.06. The minimum Gasteiger partial charge on any atom is -0.351 e. The Morgan fingerprint density at radius 3 is 3.00 bits per heavy atom. The smallest absolute Gasteiger partial charge is 0.235 e. The van der Waals surface area contributed by atoms with E-state index in [0.29, 0.717) is 6.54 Å². The van der Waals surface area contributed by atoms with Gasteiger partial charge in [-0.25, -0.2) is 0 Å². The lowest BCUT2D eigenvalue weighted by atomic mass is 10.1. The van der Waals surface area contributed by atoms with Crippen molar-refractivity contribution in [3.05, 3.63) is 36.0 Å². The predicted octanol–water partition coefficient (Wildman–Crippen LogP) is 2.03. The third-order valence-electron chi connectivity index (χ3n) is 2.62. The highest BCUT2D eigenvalue weighted by Crippen LogP contribution is 2.19. The third-order valence-corrected chi connectivity index (χ3v) is 2.86. The highest BCUT2D eigenvalue weighted by Gasteiger charge is 2.04. The van der Waals surface area contributed by atoms with Crippen molar-refractivity contribution in [3.63, 3.8) is 0 Å². The Morgan fingerprint density at radius 1 is 1.44 bits per heavy atom. The molecule has 0 aliphatic rings. The van der Waals surface area contributed by atoms with Crippen molar-refractivity contribution in [1.29, 1.82) is 0 Å². The van der Waals surface area contributed by atoms with E-state index in [0.717, 1.165) is 11.1 Å². The standard InChI is InChI=1S/C12H13ClN2O/c1-15-6-5-10-9(3-2-4-11(10)15)8-14-12(16)7-13/h2-6H,7-8H2,1H3,(H,14,16). The molecule has 3 nitrogen and oxygen atoms in total. The fourth-order valence-electron chi connectivity index (χ4n) is 1.76. The van der Waals surface area contributed by atoms with Crippen LogP contribution in [0.25, 0.3) is 10.9 Å². The minimum atomic E-state index is -0.144. The SMILES string of the molecule is Cn1ccc2c(CNC(=O)CCl)cccc21. The number of hydrogen-bond donors (Lipinski definition) is 1. The number of nitrogens with zero attached hydrogens (tertiary/aromatic N) is 1. The topological polar surface area (TPSA) is 34.0 Å². The maximum atomic E-state index is 11.1. The van der Waals surface area contributed by atoms with E-state index < -0.39 is 0 Å². The van der Waals surface area contributed by atoms with Crippen LogP contribution in [0.5, 0.6) is 0 Å². The Hall–Kier alpha value is -1.48. The highest BCUT2D eigenvalue weighted by atomic mass is 35.5. The summed E-state index contributed by atoms with van der Waals surface area (Å²) in [6.07, 6.45) is 2.01. The van der Waals surface area contributed by atoms with Gasteiger partial charge in [-0.1, -0.05) is 12.1 Å². The number of nitrogens with one attached hydrogen (secondary N) is 1. The second-order valence-electron chi connectivity index (χ2n) is 3.69. The summed E-state index contributed by atoms with van der Waals surface area (Å²) >= 11 is 5.42. The van der Waals surface area contributed by atoms with E-state index in [4.69, 9.17) is 11.6 Å². The third kappa shape index (κ3) is 2.04. The van der Waals surface area contributed by atoms with Crippen molar-refractivity contribution >= 4 is 28.4 Å². The molecule has 1 N–H and O–H groups in total. The van der Waals surface area contributed by atoms with Gasteiger partial charge in [0, 0.05) is 30.7 Å². The number of aryl methyl sites for hydroxylation is 1. The van der Waals surface area contributed by atoms with Crippen molar-refractivity contribution in [2.24, 2.45) is 7.05 Å². The Morgan fingerprint density at radius 2 is 2.25 bits per heavy atom. The van der Waals surface area contributed by atoms with Crippen LogP contribution in [0.15, 0.2) is 30.5 Å². The molecule has 0 unspecified atom stereocenters. The molecule has 1 amide bonds. The van der Waals surface area contributed by atoms with Gasteiger partial charge in [-0.15, -0.1) is 11.6 Å². The second kappa shape index (κ2) is 4.58. The first-order chi connectivity index (χ1) is 7.72. The van der Waals surface area contributed by atoms with Crippen LogP contribution in [0.4, 0.5) is 0 Å². The molecule has 16 heavy (non-hydrogen) atoms. The molecule has 84 valence electrons. The zero-order valence-corrected chi connectivity index (χ0v) is 9.79. The Labute approximate surface area is 99.0 Å². The number of carbonyl (C=O) groups excluding carboxylic acids is 1. The molecule has 0 saturated carbocycles. The first-order valence-corrected chi connectivity index (χ1v) is 5.61. The van der Waals surface area contributed by atoms with Crippen molar-refractivity contribution in [2.45, 2.75) is 6.54 Å². The Balaban J connectivity index is 2.27. The molecule has 0 saturated heterocycles. The average Bonchev–Trinajstić information content (AvgIpc) is 2.69. The number of rotatable bonds is 3. The van der Waals surface area contributed by atoms with Gasteiger partial charge >= 0.3 is 0 Å². The molecule has 1 aromatic carbocycles. The summed E-state index contributed by atoms with van der Waals surface area (Å²) in [5.74, 6) is -0.139. The van der Waals surface area contributed by atoms with Crippen LogP contribution in [-0.4, -0.2) is 16.4 Å². The molecule has 0 fully saturated rings. The van der Waals surface area contributed by atoms with Crippen LogP contribution < -0.4 is 5.32 Å². The van der Waals surface area contributed by atoms with E-state index in [1.807, 2.05) is 25.4 Å². The molecule has 0 atom stereocenters. The fraction of sp³-hybridized carbons (Fsp3) is 0.250. The molecule has 0 bridgehead atoms. The van der Waals surface area contributed by atoms with Crippen LogP contribution in [0.1, 0.15) is 5.56 Å². The molecule has 0 aliphatic heterocycles. The maximum absolute atomic E-state index is 11.1. The molecular weight excluding hydrogens is 224 g/mol. The van der Waals surface area contributed by atoms with Crippen molar-refractivity contribution in [1.82, 2.24) is 9.88 Å². The lowest BCUT2D eigenvalue weighted by Gasteiger charge is -2.05. The molecule has 2 aromatic rings. The van der Waals surface area contributed by atoms with Crippen molar-refractivity contribution in [3.8, 4) is 0 Å². The number of amides is 1. The summed E-state index contributed by atoms with van der Waals surface area (Å²) in [6.45, 7) is 0.521. The van der Waals surface area contributed by atoms with Crippen molar-refractivity contribution in [2.75, 3.05) is 5.88 Å². The number of alkyl halides is 1. The van der Waals surface area contributed by atoms with Gasteiger partial charge in [0.05, 0.1) is 0 Å². The predicted molar refractivity (Wildman–Crippen MR) is 65.5 cm³/mol. The van der Waals surface area contributed by atoms with Gasteiger partial charge < -0.3 is 9.88 Å². The first kappa shape index (κ1) is 11.0. The van der Waals surface area contributed by atoms with E-state index in [-0.39, 0.29) is 11.8 Å². The van der Waals surface area contributed by atoms with Crippen LogP contribution in [0.3, 0.4) is 0 Å². The van der Waals surface area contributed by atoms with E-state index in [1.54, 1.807) is 0 Å². The van der Waals surface area contributed by atoms with Gasteiger partial charge in [0.2, 0.25) is 5.91 Å². The molecular formula is C12H13ClN2O. The zero-order chi connectivity index (χ0) is 11.5. The van der Waals surface area contributed by atoms with E-state index in [1.165, 1.54) is 5.39 Å². The molecule has 4 heteroatoms. The lowest BCUT2D eigenvalue weighted by Crippen LogP contribution is -2.23.